The van der Waals surface area contributed by atoms with Crippen molar-refractivity contribution in [3.05, 3.63) is 0 Å². The first kappa shape index (κ1) is 16.9. The van der Waals surface area contributed by atoms with Crippen LogP contribution in [0.15, 0.2) is 4.99 Å². The van der Waals surface area contributed by atoms with E-state index in [0.717, 1.165) is 62.9 Å². The first-order chi connectivity index (χ1) is 11.0. The Bertz CT molecular complexity index is 479. The van der Waals surface area contributed by atoms with Crippen LogP contribution in [-0.2, 0) is 4.79 Å². The summed E-state index contributed by atoms with van der Waals surface area (Å²) in [5.74, 6) is 2.85. The number of piperidine rings is 1. The Kier molecular flexibility index (Phi) is 5.06. The van der Waals surface area contributed by atoms with Crippen molar-refractivity contribution in [1.82, 2.24) is 15.5 Å². The number of nitrogens with one attached hydrogen (secondary N) is 2. The summed E-state index contributed by atoms with van der Waals surface area (Å²) in [6.45, 7) is 5.95. The van der Waals surface area contributed by atoms with E-state index < -0.39 is 5.60 Å². The number of rotatable bonds is 3. The highest BCUT2D eigenvalue weighted by molar-refractivity contribution is 7.99. The van der Waals surface area contributed by atoms with Gasteiger partial charge in [0.05, 0.1) is 12.1 Å². The number of guanidine groups is 1. The number of hydrogen-bond donors (Lipinski definition) is 3. The lowest BCUT2D eigenvalue weighted by atomic mass is 9.79. The predicted octanol–water partition coefficient (Wildman–Crippen LogP) is 0.422. The van der Waals surface area contributed by atoms with E-state index in [4.69, 9.17) is 4.99 Å². The molecular weight excluding hydrogens is 312 g/mol. The second-order valence-corrected chi connectivity index (χ2v) is 8.28. The molecule has 1 spiro atoms. The monoisotopic (exact) mass is 340 g/mol. The summed E-state index contributed by atoms with van der Waals surface area (Å²) in [6, 6.07) is 0. The zero-order valence-electron chi connectivity index (χ0n) is 13.9. The summed E-state index contributed by atoms with van der Waals surface area (Å²) < 4.78 is 0. The van der Waals surface area contributed by atoms with E-state index in [9.17, 15) is 9.90 Å². The Morgan fingerprint density at radius 2 is 2.39 bits per heavy atom. The Morgan fingerprint density at radius 3 is 3.04 bits per heavy atom. The summed E-state index contributed by atoms with van der Waals surface area (Å²) in [6.07, 6.45) is 3.63. The van der Waals surface area contributed by atoms with Crippen molar-refractivity contribution in [1.29, 1.82) is 0 Å². The molecule has 3 N–H and O–H groups in total. The number of nitrogens with zero attached hydrogens (tertiary/aromatic N) is 2. The third-order valence-electron chi connectivity index (χ3n) is 5.10. The van der Waals surface area contributed by atoms with Crippen LogP contribution in [0.25, 0.3) is 0 Å². The Morgan fingerprint density at radius 1 is 1.52 bits per heavy atom. The van der Waals surface area contributed by atoms with Gasteiger partial charge in [-0.25, -0.2) is 0 Å². The van der Waals surface area contributed by atoms with Crippen molar-refractivity contribution in [2.24, 2.45) is 10.4 Å². The molecule has 2 atom stereocenters. The minimum Gasteiger partial charge on any atom is -0.387 e. The number of amides is 1. The third-order valence-corrected chi connectivity index (χ3v) is 6.33. The van der Waals surface area contributed by atoms with Gasteiger partial charge in [0.2, 0.25) is 5.91 Å². The first-order valence-corrected chi connectivity index (χ1v) is 9.80. The topological polar surface area (TPSA) is 77.0 Å². The number of hydrogen-bond acceptors (Lipinski definition) is 4. The van der Waals surface area contributed by atoms with Crippen LogP contribution in [0.5, 0.6) is 0 Å². The minimum atomic E-state index is -0.649. The largest absolute Gasteiger partial charge is 0.387 e. The lowest BCUT2D eigenvalue weighted by Crippen LogP contribution is -2.51. The molecule has 0 saturated carbocycles. The van der Waals surface area contributed by atoms with Gasteiger partial charge in [-0.2, -0.15) is 11.8 Å². The molecule has 3 heterocycles. The van der Waals surface area contributed by atoms with E-state index in [-0.39, 0.29) is 11.3 Å². The summed E-state index contributed by atoms with van der Waals surface area (Å²) >= 11 is 1.80. The molecule has 6 nitrogen and oxygen atoms in total. The third kappa shape index (κ3) is 3.94. The van der Waals surface area contributed by atoms with Gasteiger partial charge >= 0.3 is 0 Å². The van der Waals surface area contributed by atoms with Gasteiger partial charge in [-0.05, 0) is 31.9 Å². The summed E-state index contributed by atoms with van der Waals surface area (Å²) in [5.41, 5.74) is -0.588. The van der Waals surface area contributed by atoms with Crippen LogP contribution < -0.4 is 10.6 Å². The molecule has 7 heteroatoms. The van der Waals surface area contributed by atoms with E-state index in [1.165, 1.54) is 0 Å². The van der Waals surface area contributed by atoms with Crippen LogP contribution in [-0.4, -0.2) is 71.7 Å². The van der Waals surface area contributed by atoms with Gasteiger partial charge in [-0.15, -0.1) is 0 Å². The fourth-order valence-electron chi connectivity index (χ4n) is 3.80. The smallest absolute Gasteiger partial charge is 0.220 e. The van der Waals surface area contributed by atoms with Crippen molar-refractivity contribution in [2.75, 3.05) is 44.2 Å². The molecule has 0 aromatic rings. The van der Waals surface area contributed by atoms with Crippen molar-refractivity contribution in [3.63, 3.8) is 0 Å². The molecule has 0 bridgehead atoms. The average Bonchev–Trinajstić information content (AvgIpc) is 3.11. The highest BCUT2D eigenvalue weighted by Gasteiger charge is 2.42. The Hall–Kier alpha value is -0.950. The number of thioether (sulfide) groups is 1. The van der Waals surface area contributed by atoms with Gasteiger partial charge < -0.3 is 20.6 Å². The summed E-state index contributed by atoms with van der Waals surface area (Å²) in [4.78, 5) is 18.7. The lowest BCUT2D eigenvalue weighted by Gasteiger charge is -2.41. The quantitative estimate of drug-likeness (QED) is 0.513. The minimum absolute atomic E-state index is 0.0611. The Labute approximate surface area is 142 Å². The average molecular weight is 340 g/mol. The molecular formula is C16H28N4O2S. The molecule has 0 aromatic carbocycles. The maximum atomic E-state index is 11.6. The highest BCUT2D eigenvalue weighted by atomic mass is 32.2. The summed E-state index contributed by atoms with van der Waals surface area (Å²) in [7, 11) is 0. The van der Waals surface area contributed by atoms with Gasteiger partial charge in [0.1, 0.15) is 0 Å². The second kappa shape index (κ2) is 6.89. The molecule has 23 heavy (non-hydrogen) atoms. The zero-order valence-corrected chi connectivity index (χ0v) is 14.8. The van der Waals surface area contributed by atoms with Crippen LogP contribution in [0.1, 0.15) is 32.6 Å². The van der Waals surface area contributed by atoms with Crippen molar-refractivity contribution in [2.45, 2.75) is 38.2 Å². The van der Waals surface area contributed by atoms with E-state index in [2.05, 4.69) is 22.5 Å². The number of aliphatic hydroxyl groups is 1. The lowest BCUT2D eigenvalue weighted by molar-refractivity contribution is -0.119. The first-order valence-electron chi connectivity index (χ1n) is 8.64. The van der Waals surface area contributed by atoms with Gasteiger partial charge in [-0.1, -0.05) is 0 Å². The van der Waals surface area contributed by atoms with Crippen LogP contribution in [0.2, 0.25) is 0 Å². The van der Waals surface area contributed by atoms with Crippen LogP contribution in [0, 0.1) is 5.41 Å². The van der Waals surface area contributed by atoms with Gasteiger partial charge in [-0.3, -0.25) is 9.79 Å². The zero-order chi connectivity index (χ0) is 16.3. The molecule has 0 aliphatic carbocycles. The molecule has 3 saturated heterocycles. The number of aliphatic imine (C=N–C) groups is 1. The predicted molar refractivity (Wildman–Crippen MR) is 93.7 cm³/mol. The second-order valence-electron chi connectivity index (χ2n) is 7.18. The molecule has 1 amide bonds. The van der Waals surface area contributed by atoms with Gasteiger partial charge in [0.25, 0.3) is 0 Å². The molecule has 3 rings (SSSR count). The maximum absolute atomic E-state index is 11.6. The van der Waals surface area contributed by atoms with Gasteiger partial charge in [0, 0.05) is 43.8 Å². The van der Waals surface area contributed by atoms with E-state index in [1.54, 1.807) is 11.8 Å². The van der Waals surface area contributed by atoms with E-state index in [0.29, 0.717) is 13.0 Å². The number of carbonyl (C=O) groups is 1. The normalized spacial score (nSPS) is 35.0. The van der Waals surface area contributed by atoms with E-state index in [1.807, 2.05) is 0 Å². The van der Waals surface area contributed by atoms with E-state index >= 15 is 0 Å². The standard InChI is InChI=1S/C16H28N4O2S/c1-2-17-14(19-10-16(22)5-7-23-12-16)20-6-3-4-15(11-20)8-13(21)18-9-15/h22H,2-12H2,1H3,(H,17,19)(H,18,21). The molecule has 2 unspecified atom stereocenters. The fourth-order valence-corrected chi connectivity index (χ4v) is 5.08. The molecule has 3 aliphatic heterocycles. The molecule has 3 fully saturated rings. The van der Waals surface area contributed by atoms with Crippen molar-refractivity contribution >= 4 is 23.6 Å². The van der Waals surface area contributed by atoms with Crippen LogP contribution >= 0.6 is 11.8 Å². The molecule has 0 radical (unpaired) electrons. The molecule has 3 aliphatic rings. The molecule has 130 valence electrons. The van der Waals surface area contributed by atoms with Crippen molar-refractivity contribution in [3.8, 4) is 0 Å². The van der Waals surface area contributed by atoms with Crippen molar-refractivity contribution < 1.29 is 9.90 Å². The highest BCUT2D eigenvalue weighted by Crippen LogP contribution is 2.36. The summed E-state index contributed by atoms with van der Waals surface area (Å²) in [5, 5.41) is 16.9. The van der Waals surface area contributed by atoms with Crippen LogP contribution in [0.4, 0.5) is 0 Å². The molecule has 0 aromatic heterocycles. The number of likely N-dealkylation sites (tertiary alicyclic amines) is 1. The van der Waals surface area contributed by atoms with Crippen LogP contribution in [0.3, 0.4) is 0 Å². The SMILES string of the molecule is CCNC(=NCC1(O)CCSC1)N1CCCC2(CNC(=O)C2)C1. The number of carbonyl (C=O) groups excluding carboxylic acids is 1. The Balaban J connectivity index is 1.68. The van der Waals surface area contributed by atoms with Gasteiger partial charge in [0.15, 0.2) is 5.96 Å². The fraction of sp³-hybridized carbons (Fsp3) is 0.875. The maximum Gasteiger partial charge on any atom is 0.220 e.